The maximum absolute atomic E-state index is 12.8. The molecule has 1 saturated heterocycles. The minimum absolute atomic E-state index is 0.0191. The molecule has 35 heavy (non-hydrogen) atoms. The van der Waals surface area contributed by atoms with Crippen molar-refractivity contribution in [2.75, 3.05) is 26.9 Å². The normalized spacial score (nSPS) is 32.5. The van der Waals surface area contributed by atoms with Crippen molar-refractivity contribution in [1.29, 1.82) is 0 Å². The lowest BCUT2D eigenvalue weighted by Crippen LogP contribution is -2.59. The largest absolute Gasteiger partial charge is 0.443 e. The molecule has 2 radical (unpaired) electrons. The fourth-order valence-electron chi connectivity index (χ4n) is 5.68. The zero-order valence-electron chi connectivity index (χ0n) is 21.9. The van der Waals surface area contributed by atoms with E-state index in [1.165, 1.54) is 5.57 Å². The lowest BCUT2D eigenvalue weighted by atomic mass is 9.68. The molecule has 3 unspecified atom stereocenters. The number of epoxide rings is 1. The molecule has 1 heterocycles. The topological polar surface area (TPSA) is 110 Å². The molecule has 1 spiro atoms. The Balaban J connectivity index is 1.54. The summed E-state index contributed by atoms with van der Waals surface area (Å²) in [6, 6.07) is 0.121. The second-order valence-electron chi connectivity index (χ2n) is 10.9. The summed E-state index contributed by atoms with van der Waals surface area (Å²) < 4.78 is 24.1. The summed E-state index contributed by atoms with van der Waals surface area (Å²) in [6.07, 6.45) is 5.54. The van der Waals surface area contributed by atoms with E-state index in [-0.39, 0.29) is 48.3 Å². The molecular formula is C25H42BN3O6. The zero-order chi connectivity index (χ0) is 25.6. The number of ether oxygens (including phenoxy) is 4. The van der Waals surface area contributed by atoms with Gasteiger partial charge in [0, 0.05) is 25.1 Å². The van der Waals surface area contributed by atoms with Crippen molar-refractivity contribution in [1.82, 2.24) is 15.9 Å². The Hall–Kier alpha value is -1.62. The van der Waals surface area contributed by atoms with E-state index < -0.39 is 11.7 Å². The molecule has 2 amide bonds. The lowest BCUT2D eigenvalue weighted by Gasteiger charge is -2.47. The first-order valence-corrected chi connectivity index (χ1v) is 12.7. The van der Waals surface area contributed by atoms with Gasteiger partial charge >= 0.3 is 6.09 Å². The second kappa shape index (κ2) is 12.1. The van der Waals surface area contributed by atoms with E-state index in [2.05, 4.69) is 35.8 Å². The van der Waals surface area contributed by atoms with Crippen LogP contribution in [0.4, 0.5) is 4.79 Å². The van der Waals surface area contributed by atoms with Crippen LogP contribution >= 0.6 is 0 Å². The third kappa shape index (κ3) is 7.44. The molecule has 0 bridgehead atoms. The highest BCUT2D eigenvalue weighted by molar-refractivity contribution is 6.06. The van der Waals surface area contributed by atoms with Gasteiger partial charge < -0.3 is 34.8 Å². The monoisotopic (exact) mass is 491 g/mol. The molecule has 10 heteroatoms. The Morgan fingerprint density at radius 1 is 1.11 bits per heavy atom. The highest BCUT2D eigenvalue weighted by atomic mass is 16.6. The third-order valence-electron chi connectivity index (χ3n) is 7.53. The highest BCUT2D eigenvalue weighted by Crippen LogP contribution is 2.52. The Morgan fingerprint density at radius 3 is 2.29 bits per heavy atom. The van der Waals surface area contributed by atoms with Gasteiger partial charge in [0.05, 0.1) is 31.0 Å². The van der Waals surface area contributed by atoms with Crippen LogP contribution in [0, 0.1) is 5.92 Å². The van der Waals surface area contributed by atoms with Crippen molar-refractivity contribution in [3.05, 3.63) is 11.6 Å². The number of amides is 2. The van der Waals surface area contributed by atoms with Gasteiger partial charge in [-0.1, -0.05) is 11.6 Å². The summed E-state index contributed by atoms with van der Waals surface area (Å²) in [5.41, 5.74) is 0.393. The fraction of sp³-hybridized carbons (Fsp3) is 0.840. The fourth-order valence-corrected chi connectivity index (χ4v) is 5.68. The summed E-state index contributed by atoms with van der Waals surface area (Å²) in [4.78, 5) is 24.5. The van der Waals surface area contributed by atoms with E-state index in [1.807, 2.05) is 13.8 Å². The van der Waals surface area contributed by atoms with Gasteiger partial charge in [0.2, 0.25) is 5.91 Å². The van der Waals surface area contributed by atoms with Crippen LogP contribution in [-0.4, -0.2) is 82.3 Å². The SMILES string of the molecule is [B]NCC(=O)NC1CCC(NC(=O)OC2CC[C@]3(CO3)C(C(C)(C)OCC=C(C)C)C2OC)CC1. The summed E-state index contributed by atoms with van der Waals surface area (Å²) >= 11 is 0. The third-order valence-corrected chi connectivity index (χ3v) is 7.53. The number of nitrogens with one attached hydrogen (secondary N) is 3. The maximum Gasteiger partial charge on any atom is 0.407 e. The molecule has 3 N–H and O–H groups in total. The number of hydrogen-bond acceptors (Lipinski definition) is 7. The van der Waals surface area contributed by atoms with Gasteiger partial charge in [0.1, 0.15) is 12.2 Å². The van der Waals surface area contributed by atoms with Crippen molar-refractivity contribution in [3.63, 3.8) is 0 Å². The molecule has 0 aromatic heterocycles. The van der Waals surface area contributed by atoms with E-state index in [4.69, 9.17) is 26.9 Å². The molecule has 4 atom stereocenters. The number of carbonyl (C=O) groups is 2. The van der Waals surface area contributed by atoms with E-state index in [0.29, 0.717) is 19.6 Å². The molecule has 3 rings (SSSR count). The first-order chi connectivity index (χ1) is 16.6. The van der Waals surface area contributed by atoms with Crippen LogP contribution in [0.3, 0.4) is 0 Å². The Kier molecular flexibility index (Phi) is 9.65. The molecular weight excluding hydrogens is 449 g/mol. The van der Waals surface area contributed by atoms with Gasteiger partial charge in [-0.25, -0.2) is 4.79 Å². The quantitative estimate of drug-likeness (QED) is 0.244. The predicted molar refractivity (Wildman–Crippen MR) is 133 cm³/mol. The molecule has 3 fully saturated rings. The van der Waals surface area contributed by atoms with Gasteiger partial charge in [0.15, 0.2) is 7.98 Å². The van der Waals surface area contributed by atoms with Crippen LogP contribution in [0.25, 0.3) is 0 Å². The molecule has 9 nitrogen and oxygen atoms in total. The average molecular weight is 491 g/mol. The molecule has 2 aliphatic carbocycles. The summed E-state index contributed by atoms with van der Waals surface area (Å²) in [7, 11) is 6.86. The molecule has 0 aromatic rings. The number of hydrogen-bond donors (Lipinski definition) is 3. The van der Waals surface area contributed by atoms with Crippen LogP contribution in [0.5, 0.6) is 0 Å². The number of methoxy groups -OCH3 is 1. The van der Waals surface area contributed by atoms with Crippen molar-refractivity contribution >= 4 is 20.0 Å². The van der Waals surface area contributed by atoms with Gasteiger partial charge in [-0.2, -0.15) is 0 Å². The van der Waals surface area contributed by atoms with E-state index in [9.17, 15) is 9.59 Å². The number of allylic oxidation sites excluding steroid dienone is 1. The number of rotatable bonds is 10. The van der Waals surface area contributed by atoms with Gasteiger partial charge in [0.25, 0.3) is 0 Å². The van der Waals surface area contributed by atoms with Crippen LogP contribution in [0.2, 0.25) is 0 Å². The van der Waals surface area contributed by atoms with Gasteiger partial charge in [-0.3, -0.25) is 4.79 Å². The van der Waals surface area contributed by atoms with Crippen molar-refractivity contribution < 1.29 is 28.5 Å². The molecule has 0 aromatic carbocycles. The number of carbonyl (C=O) groups excluding carboxylic acids is 2. The minimum Gasteiger partial charge on any atom is -0.443 e. The molecule has 1 aliphatic heterocycles. The van der Waals surface area contributed by atoms with Crippen LogP contribution in [0.1, 0.15) is 66.2 Å². The van der Waals surface area contributed by atoms with Crippen LogP contribution in [0.15, 0.2) is 11.6 Å². The number of alkyl carbamates (subject to hydrolysis) is 1. The van der Waals surface area contributed by atoms with Gasteiger partial charge in [-0.05, 0) is 66.2 Å². The molecule has 196 valence electrons. The van der Waals surface area contributed by atoms with Gasteiger partial charge in [-0.15, -0.1) is 0 Å². The van der Waals surface area contributed by atoms with Crippen molar-refractivity contribution in [2.24, 2.45) is 5.92 Å². The summed E-state index contributed by atoms with van der Waals surface area (Å²) in [5.74, 6) is -0.190. The first kappa shape index (κ1) is 28.0. The zero-order valence-corrected chi connectivity index (χ0v) is 21.9. The Morgan fingerprint density at radius 2 is 1.74 bits per heavy atom. The summed E-state index contributed by atoms with van der Waals surface area (Å²) in [5, 5.41) is 8.33. The predicted octanol–water partition coefficient (Wildman–Crippen LogP) is 2.14. The summed E-state index contributed by atoms with van der Waals surface area (Å²) in [6.45, 7) is 9.50. The Bertz CT molecular complexity index is 760. The minimum atomic E-state index is -0.524. The van der Waals surface area contributed by atoms with E-state index in [1.54, 1.807) is 7.11 Å². The van der Waals surface area contributed by atoms with Crippen molar-refractivity contribution in [3.8, 4) is 0 Å². The standard InChI is InChI=1S/C25H42BN3O6/c1-16(2)11-13-33-24(3,4)22-21(32-5)19(10-12-25(22)15-34-25)35-23(31)29-18-8-6-17(7-9-18)28-20(30)14-27-26/h11,17-19,21-22,27H,6-10,12-15H2,1-5H3,(H,28,30)(H,29,31)/t17?,18?,19?,21?,22?,25-/m0/s1. The molecule has 3 aliphatic rings. The van der Waals surface area contributed by atoms with Crippen molar-refractivity contribution in [2.45, 2.75) is 102 Å². The maximum atomic E-state index is 12.8. The highest BCUT2D eigenvalue weighted by Gasteiger charge is 2.64. The Labute approximate surface area is 210 Å². The van der Waals surface area contributed by atoms with E-state index >= 15 is 0 Å². The smallest absolute Gasteiger partial charge is 0.407 e. The van der Waals surface area contributed by atoms with E-state index in [0.717, 1.165) is 32.1 Å². The molecule has 2 saturated carbocycles. The second-order valence-corrected chi connectivity index (χ2v) is 10.9. The first-order valence-electron chi connectivity index (χ1n) is 12.7. The average Bonchev–Trinajstić information content (AvgIpc) is 3.55. The lowest BCUT2D eigenvalue weighted by molar-refractivity contribution is -0.172. The van der Waals surface area contributed by atoms with Crippen LogP contribution < -0.4 is 15.9 Å². The van der Waals surface area contributed by atoms with Crippen LogP contribution in [-0.2, 0) is 23.7 Å².